The van der Waals surface area contributed by atoms with Crippen molar-refractivity contribution in [2.24, 2.45) is 11.8 Å². The van der Waals surface area contributed by atoms with Gasteiger partial charge in [0.2, 0.25) is 0 Å². The zero-order valence-electron chi connectivity index (χ0n) is 19.6. The number of amides is 1. The molecule has 10 nitrogen and oxygen atoms in total. The fourth-order valence-electron chi connectivity index (χ4n) is 5.74. The Balaban J connectivity index is 1.32. The van der Waals surface area contributed by atoms with Crippen molar-refractivity contribution in [2.45, 2.75) is 31.0 Å². The molecule has 35 heavy (non-hydrogen) atoms. The molecule has 4 aromatic heterocycles. The standard InChI is InChI=1S/C25H27N7O3/c1-26-21-8-19(29-24-14(9-28-32(21)24)25(33)30-18-5-6-20(18)34-2)15-10-31(22-16-11-35-12-17(16)22)23-13(15)4-3-7-27-23/h3-4,7-10,16-18,20,22,26H,5-6,11-12H2,1-2H3,(H,30,33)/t16-,17+,18-,20-,22+/m0/s1. The number of nitrogens with zero attached hydrogens (tertiary/aromatic N) is 5. The summed E-state index contributed by atoms with van der Waals surface area (Å²) in [5, 5.41) is 11.8. The maximum atomic E-state index is 13.2. The van der Waals surface area contributed by atoms with Gasteiger partial charge < -0.3 is 24.7 Å². The molecule has 180 valence electrons. The van der Waals surface area contributed by atoms with Crippen LogP contribution >= 0.6 is 0 Å². The quantitative estimate of drug-likeness (QED) is 0.443. The number of methoxy groups -OCH3 is 1. The van der Waals surface area contributed by atoms with Gasteiger partial charge in [-0.05, 0) is 25.0 Å². The lowest BCUT2D eigenvalue weighted by molar-refractivity contribution is 0.00732. The van der Waals surface area contributed by atoms with E-state index in [4.69, 9.17) is 19.4 Å². The first-order valence-electron chi connectivity index (χ1n) is 12.1. The van der Waals surface area contributed by atoms with Crippen molar-refractivity contribution in [3.8, 4) is 11.3 Å². The minimum Gasteiger partial charge on any atom is -0.381 e. The van der Waals surface area contributed by atoms with Gasteiger partial charge in [0.1, 0.15) is 17.0 Å². The molecule has 7 rings (SSSR count). The summed E-state index contributed by atoms with van der Waals surface area (Å²) in [6.07, 6.45) is 7.49. The summed E-state index contributed by atoms with van der Waals surface area (Å²) >= 11 is 0. The normalized spacial score (nSPS) is 27.1. The number of rotatable bonds is 6. The van der Waals surface area contributed by atoms with Crippen molar-refractivity contribution in [3.05, 3.63) is 42.4 Å². The zero-order valence-corrected chi connectivity index (χ0v) is 19.6. The second kappa shape index (κ2) is 7.76. The summed E-state index contributed by atoms with van der Waals surface area (Å²) in [6.45, 7) is 1.62. The van der Waals surface area contributed by atoms with Crippen LogP contribution in [0.1, 0.15) is 29.2 Å². The highest BCUT2D eigenvalue weighted by molar-refractivity contribution is 6.01. The number of carbonyl (C=O) groups excluding carboxylic acids is 1. The molecule has 3 fully saturated rings. The molecule has 10 heteroatoms. The molecule has 0 aromatic carbocycles. The lowest BCUT2D eigenvalue weighted by Crippen LogP contribution is -2.51. The Bertz CT molecular complexity index is 1450. The number of nitrogens with one attached hydrogen (secondary N) is 2. The van der Waals surface area contributed by atoms with Crippen LogP contribution in [-0.2, 0) is 9.47 Å². The molecule has 5 heterocycles. The molecule has 5 atom stereocenters. The van der Waals surface area contributed by atoms with E-state index in [0.717, 1.165) is 54.2 Å². The Morgan fingerprint density at radius 2 is 2.09 bits per heavy atom. The van der Waals surface area contributed by atoms with E-state index in [0.29, 0.717) is 29.1 Å². The van der Waals surface area contributed by atoms with E-state index >= 15 is 0 Å². The van der Waals surface area contributed by atoms with E-state index in [2.05, 4.69) is 32.6 Å². The molecule has 2 aliphatic carbocycles. The summed E-state index contributed by atoms with van der Waals surface area (Å²) in [5.74, 6) is 1.67. The number of hydrogen-bond acceptors (Lipinski definition) is 7. The van der Waals surface area contributed by atoms with E-state index in [-0.39, 0.29) is 18.1 Å². The van der Waals surface area contributed by atoms with Crippen molar-refractivity contribution in [1.82, 2.24) is 29.5 Å². The summed E-state index contributed by atoms with van der Waals surface area (Å²) in [7, 11) is 3.52. The SMILES string of the molecule is CNc1cc(-c2cn([C@H]3[C@@H]4COC[C@@H]43)c3ncccc23)nc2c(C(=O)N[C@H]3CC[C@@H]3OC)cnn12. The van der Waals surface area contributed by atoms with E-state index in [1.54, 1.807) is 17.8 Å². The average molecular weight is 474 g/mol. The molecule has 2 saturated carbocycles. The Hall–Kier alpha value is -3.50. The zero-order chi connectivity index (χ0) is 23.7. The van der Waals surface area contributed by atoms with Crippen LogP contribution in [0.3, 0.4) is 0 Å². The fraction of sp³-hybridized carbons (Fsp3) is 0.440. The Morgan fingerprint density at radius 1 is 1.23 bits per heavy atom. The number of pyridine rings is 1. The Labute approximate surface area is 201 Å². The first-order valence-corrected chi connectivity index (χ1v) is 12.1. The van der Waals surface area contributed by atoms with Crippen molar-refractivity contribution in [2.75, 3.05) is 32.7 Å². The molecule has 1 aliphatic heterocycles. The van der Waals surface area contributed by atoms with E-state index in [1.165, 1.54) is 0 Å². The Kier molecular flexibility index (Phi) is 4.62. The largest absolute Gasteiger partial charge is 0.381 e. The predicted octanol–water partition coefficient (Wildman–Crippen LogP) is 2.51. The van der Waals surface area contributed by atoms with Crippen LogP contribution < -0.4 is 10.6 Å². The molecule has 2 N–H and O–H groups in total. The number of fused-ring (bicyclic) bond motifs is 3. The maximum absolute atomic E-state index is 13.2. The highest BCUT2D eigenvalue weighted by Crippen LogP contribution is 2.55. The van der Waals surface area contributed by atoms with Crippen LogP contribution in [-0.4, -0.2) is 69.6 Å². The smallest absolute Gasteiger partial charge is 0.257 e. The van der Waals surface area contributed by atoms with Gasteiger partial charge in [-0.1, -0.05) is 0 Å². The molecular weight excluding hydrogens is 446 g/mol. The fourth-order valence-corrected chi connectivity index (χ4v) is 5.74. The van der Waals surface area contributed by atoms with Gasteiger partial charge in [-0.25, -0.2) is 9.97 Å². The summed E-state index contributed by atoms with van der Waals surface area (Å²) in [4.78, 5) is 22.8. The molecule has 0 bridgehead atoms. The molecule has 0 unspecified atom stereocenters. The summed E-state index contributed by atoms with van der Waals surface area (Å²) < 4.78 is 15.0. The van der Waals surface area contributed by atoms with Crippen molar-refractivity contribution < 1.29 is 14.3 Å². The molecule has 4 aromatic rings. The lowest BCUT2D eigenvalue weighted by Gasteiger charge is -2.35. The van der Waals surface area contributed by atoms with Crippen molar-refractivity contribution in [3.63, 3.8) is 0 Å². The highest BCUT2D eigenvalue weighted by Gasteiger charge is 2.55. The molecular formula is C25H27N7O3. The topological polar surface area (TPSA) is 108 Å². The number of ether oxygens (including phenoxy) is 2. The Morgan fingerprint density at radius 3 is 2.83 bits per heavy atom. The number of carbonyl (C=O) groups is 1. The van der Waals surface area contributed by atoms with Crippen LogP contribution in [0.25, 0.3) is 27.9 Å². The van der Waals surface area contributed by atoms with Gasteiger partial charge in [-0.15, -0.1) is 0 Å². The minimum atomic E-state index is -0.187. The predicted molar refractivity (Wildman–Crippen MR) is 129 cm³/mol. The minimum absolute atomic E-state index is 0.0143. The van der Waals surface area contributed by atoms with Crippen LogP contribution in [0.5, 0.6) is 0 Å². The second-order valence-electron chi connectivity index (χ2n) is 9.68. The molecule has 3 aliphatic rings. The summed E-state index contributed by atoms with van der Waals surface area (Å²) in [5.41, 5.74) is 3.68. The average Bonchev–Trinajstić information content (AvgIpc) is 3.29. The number of anilines is 1. The van der Waals surface area contributed by atoms with Crippen LogP contribution in [0.4, 0.5) is 5.82 Å². The maximum Gasteiger partial charge on any atom is 0.257 e. The van der Waals surface area contributed by atoms with E-state index in [1.807, 2.05) is 25.4 Å². The van der Waals surface area contributed by atoms with E-state index in [9.17, 15) is 4.79 Å². The van der Waals surface area contributed by atoms with Gasteiger partial charge in [0.25, 0.3) is 5.91 Å². The second-order valence-corrected chi connectivity index (χ2v) is 9.68. The van der Waals surface area contributed by atoms with Crippen molar-refractivity contribution >= 4 is 28.4 Å². The molecule has 1 saturated heterocycles. The molecule has 0 spiro atoms. The van der Waals surface area contributed by atoms with Gasteiger partial charge in [-0.2, -0.15) is 9.61 Å². The number of hydrogen-bond donors (Lipinski definition) is 2. The molecule has 1 amide bonds. The summed E-state index contributed by atoms with van der Waals surface area (Å²) in [6, 6.07) is 6.43. The number of aromatic nitrogens is 5. The first-order chi connectivity index (χ1) is 17.2. The third-order valence-electron chi connectivity index (χ3n) is 7.90. The van der Waals surface area contributed by atoms with E-state index < -0.39 is 0 Å². The van der Waals surface area contributed by atoms with Crippen LogP contribution in [0, 0.1) is 11.8 Å². The van der Waals surface area contributed by atoms with Gasteiger partial charge in [0, 0.05) is 61.4 Å². The highest BCUT2D eigenvalue weighted by atomic mass is 16.5. The molecule has 0 radical (unpaired) electrons. The van der Waals surface area contributed by atoms with Gasteiger partial charge in [-0.3, -0.25) is 4.79 Å². The lowest BCUT2D eigenvalue weighted by atomic mass is 9.89. The monoisotopic (exact) mass is 473 g/mol. The van der Waals surface area contributed by atoms with Gasteiger partial charge >= 0.3 is 0 Å². The van der Waals surface area contributed by atoms with Crippen molar-refractivity contribution in [1.29, 1.82) is 0 Å². The van der Waals surface area contributed by atoms with Crippen LogP contribution in [0.15, 0.2) is 36.8 Å². The third kappa shape index (κ3) is 3.09. The first kappa shape index (κ1) is 20.8. The van der Waals surface area contributed by atoms with Gasteiger partial charge in [0.05, 0.1) is 37.3 Å². The van der Waals surface area contributed by atoms with Gasteiger partial charge in [0.15, 0.2) is 5.65 Å². The third-order valence-corrected chi connectivity index (χ3v) is 7.90. The van der Waals surface area contributed by atoms with Crippen LogP contribution in [0.2, 0.25) is 0 Å².